The fraction of sp³-hybridized carbons (Fsp3) is 1.00. The monoisotopic (exact) mass is 271 g/mol. The van der Waals surface area contributed by atoms with Gasteiger partial charge in [0.25, 0.3) is 5.67 Å². The van der Waals surface area contributed by atoms with Gasteiger partial charge in [0, 0.05) is 0 Å². The minimum absolute atomic E-state index is 0.471. The van der Waals surface area contributed by atoms with Gasteiger partial charge in [-0.3, -0.25) is 0 Å². The first kappa shape index (κ1) is 10.2. The Morgan fingerprint density at radius 1 is 1.44 bits per heavy atom. The van der Waals surface area contributed by atoms with Crippen LogP contribution in [0.15, 0.2) is 0 Å². The molecule has 0 heterocycles. The third-order valence-corrected chi connectivity index (χ3v) is 6.11. The van der Waals surface area contributed by atoms with Gasteiger partial charge >= 0.3 is 0 Å². The molecule has 0 N–H and O–H groups in total. The molecule has 1 nitrogen and oxygen atoms in total. The Bertz CT molecular complexity index is 93.1. The summed E-state index contributed by atoms with van der Waals surface area (Å²) in [6, 6.07) is 0. The zero-order valence-corrected chi connectivity index (χ0v) is 10.5. The predicted octanol–water partition coefficient (Wildman–Crippen LogP) is 2.53. The summed E-state index contributed by atoms with van der Waals surface area (Å²) in [5.41, 5.74) is 0.471. The maximum atomic E-state index is 3.68. The van der Waals surface area contributed by atoms with Gasteiger partial charge in [0.05, 0.1) is 0 Å². The second-order valence-corrected chi connectivity index (χ2v) is 13.3. The Kier molecular flexibility index (Phi) is 4.03. The molecule has 0 unspecified atom stereocenters. The largest absolute Gasteiger partial charge is 0.349 e. The summed E-state index contributed by atoms with van der Waals surface area (Å²) in [5.74, 6) is 0. The van der Waals surface area contributed by atoms with Crippen LogP contribution in [0.4, 0.5) is 0 Å². The van der Waals surface area contributed by atoms with E-state index in [0.717, 1.165) is 0 Å². The predicted molar refractivity (Wildman–Crippen MR) is 54.7 cm³/mol. The fourth-order valence-electron chi connectivity index (χ4n) is 0.423. The van der Waals surface area contributed by atoms with Crippen LogP contribution in [0.1, 0.15) is 0 Å². The van der Waals surface area contributed by atoms with Gasteiger partial charge in [-0.05, 0) is 20.1 Å². The molecule has 0 aliphatic rings. The molecular formula is C4H12BBr2NSi. The zero-order chi connectivity index (χ0) is 7.65. The Balaban J connectivity index is 3.88. The maximum Gasteiger partial charge on any atom is 0.293 e. The van der Waals surface area contributed by atoms with Crippen LogP contribution in [0.5, 0.6) is 0 Å². The molecule has 0 bridgehead atoms. The minimum Gasteiger partial charge on any atom is -0.349 e. The molecule has 9 heavy (non-hydrogen) atoms. The van der Waals surface area contributed by atoms with Crippen molar-refractivity contribution in [2.24, 2.45) is 0 Å². The topological polar surface area (TPSA) is 3.24 Å². The van der Waals surface area contributed by atoms with E-state index in [9.17, 15) is 0 Å². The van der Waals surface area contributed by atoms with Gasteiger partial charge < -0.3 is 4.48 Å². The molecule has 0 aromatic heterocycles. The van der Waals surface area contributed by atoms with E-state index in [-0.39, 0.29) is 0 Å². The Morgan fingerprint density at radius 3 is 1.78 bits per heavy atom. The quantitative estimate of drug-likeness (QED) is 0.552. The summed E-state index contributed by atoms with van der Waals surface area (Å²) in [6.07, 6.45) is 0. The van der Waals surface area contributed by atoms with Crippen molar-refractivity contribution in [2.75, 3.05) is 7.05 Å². The highest BCUT2D eigenvalue weighted by Gasteiger charge is 2.26. The lowest BCUT2D eigenvalue weighted by Gasteiger charge is -2.28. The van der Waals surface area contributed by atoms with Gasteiger partial charge in [0.1, 0.15) is 0 Å². The van der Waals surface area contributed by atoms with Crippen molar-refractivity contribution in [3.05, 3.63) is 0 Å². The maximum absolute atomic E-state index is 3.68. The van der Waals surface area contributed by atoms with Crippen molar-refractivity contribution in [1.29, 1.82) is 0 Å². The molecule has 0 aliphatic carbocycles. The summed E-state index contributed by atoms with van der Waals surface area (Å²) in [4.78, 5) is 0. The molecule has 0 aromatic rings. The molecule has 0 amide bonds. The number of hydrogen-bond acceptors (Lipinski definition) is 1. The van der Waals surface area contributed by atoms with Gasteiger partial charge in [0.15, 0.2) is 6.85 Å². The van der Waals surface area contributed by atoms with Gasteiger partial charge in [-0.1, -0.05) is 6.82 Å². The molecule has 0 fully saturated rings. The van der Waals surface area contributed by atoms with Crippen molar-refractivity contribution >= 4 is 43.6 Å². The minimum atomic E-state index is -1.22. The van der Waals surface area contributed by atoms with Crippen molar-refractivity contribution in [3.63, 3.8) is 0 Å². The summed E-state index contributed by atoms with van der Waals surface area (Å²) < 4.78 is 2.33. The number of hydrogen-bond donors (Lipinski definition) is 0. The highest BCUT2D eigenvalue weighted by Crippen LogP contribution is 2.18. The highest BCUT2D eigenvalue weighted by atomic mass is 79.9. The molecule has 0 saturated heterocycles. The summed E-state index contributed by atoms with van der Waals surface area (Å²) in [5, 5.41) is 0. The molecule has 0 atom stereocenters. The molecule has 0 aromatic carbocycles. The second-order valence-electron chi connectivity index (χ2n) is 2.59. The molecule has 0 saturated carbocycles. The molecule has 54 valence electrons. The molecule has 0 spiro atoms. The first-order valence-electron chi connectivity index (χ1n) is 2.91. The van der Waals surface area contributed by atoms with Crippen molar-refractivity contribution in [3.8, 4) is 0 Å². The first-order chi connectivity index (χ1) is 3.85. The smallest absolute Gasteiger partial charge is 0.293 e. The lowest BCUT2D eigenvalue weighted by Crippen LogP contribution is -2.45. The third kappa shape index (κ3) is 3.80. The highest BCUT2D eigenvalue weighted by molar-refractivity contribution is 9.26. The molecular weight excluding hydrogens is 261 g/mol. The van der Waals surface area contributed by atoms with Gasteiger partial charge in [0.2, 0.25) is 0 Å². The van der Waals surface area contributed by atoms with Crippen LogP contribution in [0, 0.1) is 0 Å². The van der Waals surface area contributed by atoms with E-state index in [1.54, 1.807) is 0 Å². The van der Waals surface area contributed by atoms with Crippen LogP contribution < -0.4 is 0 Å². The van der Waals surface area contributed by atoms with E-state index in [2.05, 4.69) is 62.5 Å². The van der Waals surface area contributed by atoms with Crippen LogP contribution in [-0.4, -0.2) is 24.1 Å². The van der Waals surface area contributed by atoms with E-state index < -0.39 is 6.85 Å². The van der Waals surface area contributed by atoms with Gasteiger partial charge in [-0.2, -0.15) is 0 Å². The van der Waals surface area contributed by atoms with Crippen molar-refractivity contribution in [2.45, 2.75) is 19.9 Å². The van der Waals surface area contributed by atoms with Crippen LogP contribution in [-0.2, 0) is 0 Å². The third-order valence-electron chi connectivity index (χ3n) is 1.37. The van der Waals surface area contributed by atoms with E-state index in [1.807, 2.05) is 0 Å². The number of halogens is 2. The van der Waals surface area contributed by atoms with Gasteiger partial charge in [-0.25, -0.2) is 0 Å². The van der Waals surface area contributed by atoms with Crippen molar-refractivity contribution in [1.82, 2.24) is 4.48 Å². The summed E-state index contributed by atoms with van der Waals surface area (Å²) in [7, 11) is 2.13. The Hall–Kier alpha value is 1.20. The van der Waals surface area contributed by atoms with E-state index in [0.29, 0.717) is 5.67 Å². The van der Waals surface area contributed by atoms with Crippen LogP contribution in [0.2, 0.25) is 19.9 Å². The van der Waals surface area contributed by atoms with Crippen LogP contribution >= 0.6 is 31.0 Å². The van der Waals surface area contributed by atoms with E-state index in [1.165, 1.54) is 0 Å². The number of nitrogens with zero attached hydrogens (tertiary/aromatic N) is 1. The first-order valence-corrected chi connectivity index (χ1v) is 9.03. The van der Waals surface area contributed by atoms with Crippen LogP contribution in [0.3, 0.4) is 0 Å². The summed E-state index contributed by atoms with van der Waals surface area (Å²) in [6.45, 7) is 5.42. The SMILES string of the molecule is CB(Br)N(C)[Si](C)(C)Br. The number of rotatable bonds is 2. The van der Waals surface area contributed by atoms with Crippen LogP contribution in [0.25, 0.3) is 0 Å². The average Bonchev–Trinajstić information content (AvgIpc) is 1.62. The second kappa shape index (κ2) is 3.55. The Morgan fingerprint density at radius 2 is 1.78 bits per heavy atom. The molecule has 0 aliphatic heterocycles. The fourth-order valence-corrected chi connectivity index (χ4v) is 4.55. The lowest BCUT2D eigenvalue weighted by atomic mass is 10.0. The lowest BCUT2D eigenvalue weighted by molar-refractivity contribution is 0.821. The summed E-state index contributed by atoms with van der Waals surface area (Å²) >= 11 is 7.19. The van der Waals surface area contributed by atoms with E-state index >= 15 is 0 Å². The van der Waals surface area contributed by atoms with Crippen molar-refractivity contribution < 1.29 is 0 Å². The average molecular weight is 273 g/mol. The standard InChI is InChI=1S/C4H12BBr2NSi/c1-5(6)8(2)9(3,4)7/h1-4H3. The van der Waals surface area contributed by atoms with E-state index in [4.69, 9.17) is 0 Å². The molecule has 0 radical (unpaired) electrons. The normalized spacial score (nSPS) is 12.3. The van der Waals surface area contributed by atoms with Gasteiger partial charge in [-0.15, -0.1) is 31.0 Å². The molecule has 5 heteroatoms. The zero-order valence-electron chi connectivity index (χ0n) is 6.28. The Labute approximate surface area is 74.9 Å². The molecule has 0 rings (SSSR count).